The summed E-state index contributed by atoms with van der Waals surface area (Å²) in [6.07, 6.45) is 3.30. The maximum absolute atomic E-state index is 11.8. The van der Waals surface area contributed by atoms with E-state index in [2.05, 4.69) is 15.5 Å². The second-order valence-electron chi connectivity index (χ2n) is 4.59. The molecule has 116 valence electrons. The van der Waals surface area contributed by atoms with Gasteiger partial charge in [-0.1, -0.05) is 6.42 Å². The maximum Gasteiger partial charge on any atom is 0.237 e. The lowest BCUT2D eigenvalue weighted by Gasteiger charge is -2.23. The summed E-state index contributed by atoms with van der Waals surface area (Å²) in [5, 5.41) is 6.22. The average Bonchev–Trinajstić information content (AvgIpc) is 2.37. The summed E-state index contributed by atoms with van der Waals surface area (Å²) in [4.78, 5) is 13.9. The van der Waals surface area contributed by atoms with Crippen LogP contribution in [0.25, 0.3) is 0 Å². The smallest absolute Gasteiger partial charge is 0.237 e. The van der Waals surface area contributed by atoms with Crippen molar-refractivity contribution in [1.29, 1.82) is 0 Å². The third kappa shape index (κ3) is 9.46. The fraction of sp³-hybridized carbons (Fsp3) is 0.917. The van der Waals surface area contributed by atoms with Crippen LogP contribution in [0, 0.1) is 0 Å². The van der Waals surface area contributed by atoms with E-state index in [1.807, 2.05) is 7.05 Å². The second-order valence-corrected chi connectivity index (χ2v) is 4.59. The van der Waals surface area contributed by atoms with Gasteiger partial charge in [-0.2, -0.15) is 0 Å². The zero-order valence-corrected chi connectivity index (χ0v) is 13.4. The molecule has 0 aromatic rings. The standard InChI is InChI=1S/C12H25N3O2.2ClH/c1-15(9-10-17-2)8-7-14-12(16)11-5-3-4-6-13-11;;/h11,13H,3-10H2,1-2H3,(H,14,16);2*1H/t11-;;/m0../s1. The highest BCUT2D eigenvalue weighted by Crippen LogP contribution is 2.06. The Labute approximate surface area is 128 Å². The Balaban J connectivity index is 0. The molecule has 5 nitrogen and oxygen atoms in total. The molecule has 1 rings (SSSR count). The molecule has 2 N–H and O–H groups in total. The van der Waals surface area contributed by atoms with Gasteiger partial charge in [0.1, 0.15) is 0 Å². The number of nitrogens with one attached hydrogen (secondary N) is 2. The lowest BCUT2D eigenvalue weighted by molar-refractivity contribution is -0.123. The van der Waals surface area contributed by atoms with Crippen molar-refractivity contribution in [1.82, 2.24) is 15.5 Å². The Kier molecular flexibility index (Phi) is 14.5. The molecule has 19 heavy (non-hydrogen) atoms. The molecule has 0 radical (unpaired) electrons. The molecule has 1 saturated heterocycles. The number of piperidine rings is 1. The molecule has 1 aliphatic rings. The quantitative estimate of drug-likeness (QED) is 0.725. The predicted molar refractivity (Wildman–Crippen MR) is 82.5 cm³/mol. The van der Waals surface area contributed by atoms with E-state index in [-0.39, 0.29) is 36.8 Å². The minimum atomic E-state index is 0. The van der Waals surface area contributed by atoms with Gasteiger partial charge in [0.05, 0.1) is 12.6 Å². The average molecular weight is 316 g/mol. The second kappa shape index (κ2) is 12.9. The molecule has 0 aliphatic carbocycles. The van der Waals surface area contributed by atoms with Crippen molar-refractivity contribution in [3.63, 3.8) is 0 Å². The van der Waals surface area contributed by atoms with Gasteiger partial charge in [0.25, 0.3) is 0 Å². The number of hydrogen-bond donors (Lipinski definition) is 2. The van der Waals surface area contributed by atoms with Crippen LogP contribution in [0.5, 0.6) is 0 Å². The van der Waals surface area contributed by atoms with Gasteiger partial charge in [-0.15, -0.1) is 24.8 Å². The zero-order chi connectivity index (χ0) is 12.5. The van der Waals surface area contributed by atoms with Crippen molar-refractivity contribution in [3.05, 3.63) is 0 Å². The number of rotatable bonds is 7. The SMILES string of the molecule is COCCN(C)CCNC(=O)[C@@H]1CCCCN1.Cl.Cl. The summed E-state index contributed by atoms with van der Waals surface area (Å²) in [7, 11) is 3.73. The Hall–Kier alpha value is -0.0700. The number of ether oxygens (including phenoxy) is 1. The van der Waals surface area contributed by atoms with Crippen LogP contribution >= 0.6 is 24.8 Å². The molecule has 1 heterocycles. The van der Waals surface area contributed by atoms with Crippen molar-refractivity contribution >= 4 is 30.7 Å². The van der Waals surface area contributed by atoms with Crippen LogP contribution in [0.1, 0.15) is 19.3 Å². The number of carbonyl (C=O) groups excluding carboxylic acids is 1. The van der Waals surface area contributed by atoms with Gasteiger partial charge in [0.2, 0.25) is 5.91 Å². The van der Waals surface area contributed by atoms with E-state index in [1.165, 1.54) is 6.42 Å². The van der Waals surface area contributed by atoms with Crippen LogP contribution in [-0.4, -0.2) is 63.8 Å². The number of methoxy groups -OCH3 is 1. The van der Waals surface area contributed by atoms with Gasteiger partial charge in [0.15, 0.2) is 0 Å². The van der Waals surface area contributed by atoms with Crippen LogP contribution in [0.4, 0.5) is 0 Å². The van der Waals surface area contributed by atoms with E-state index in [1.54, 1.807) is 7.11 Å². The minimum Gasteiger partial charge on any atom is -0.383 e. The zero-order valence-electron chi connectivity index (χ0n) is 11.8. The summed E-state index contributed by atoms with van der Waals surface area (Å²) in [5.74, 6) is 0.143. The van der Waals surface area contributed by atoms with Crippen LogP contribution < -0.4 is 10.6 Å². The summed E-state index contributed by atoms with van der Waals surface area (Å²) in [6, 6.07) is 0.0213. The molecule has 0 aromatic heterocycles. The normalized spacial score (nSPS) is 18.4. The fourth-order valence-electron chi connectivity index (χ4n) is 1.93. The van der Waals surface area contributed by atoms with Gasteiger partial charge in [-0.3, -0.25) is 4.79 Å². The molecule has 0 aromatic carbocycles. The van der Waals surface area contributed by atoms with Gasteiger partial charge < -0.3 is 20.3 Å². The minimum absolute atomic E-state index is 0. The van der Waals surface area contributed by atoms with Crippen LogP contribution in [0.2, 0.25) is 0 Å². The van der Waals surface area contributed by atoms with Crippen molar-refractivity contribution in [2.24, 2.45) is 0 Å². The van der Waals surface area contributed by atoms with Gasteiger partial charge >= 0.3 is 0 Å². The number of carbonyl (C=O) groups is 1. The molecule has 1 atom stereocenters. The first-order valence-corrected chi connectivity index (χ1v) is 6.42. The van der Waals surface area contributed by atoms with Crippen molar-refractivity contribution in [3.8, 4) is 0 Å². The topological polar surface area (TPSA) is 53.6 Å². The van der Waals surface area contributed by atoms with Crippen molar-refractivity contribution < 1.29 is 9.53 Å². The van der Waals surface area contributed by atoms with Crippen molar-refractivity contribution in [2.75, 3.05) is 46.9 Å². The highest BCUT2D eigenvalue weighted by atomic mass is 35.5. The van der Waals surface area contributed by atoms with E-state index in [4.69, 9.17) is 4.74 Å². The van der Waals surface area contributed by atoms with Gasteiger partial charge in [0, 0.05) is 26.7 Å². The van der Waals surface area contributed by atoms with E-state index >= 15 is 0 Å². The first kappa shape index (κ1) is 21.2. The van der Waals surface area contributed by atoms with E-state index < -0.39 is 0 Å². The highest BCUT2D eigenvalue weighted by Gasteiger charge is 2.19. The van der Waals surface area contributed by atoms with Crippen LogP contribution in [0.3, 0.4) is 0 Å². The molecule has 0 spiro atoms. The maximum atomic E-state index is 11.8. The summed E-state index contributed by atoms with van der Waals surface area (Å²) >= 11 is 0. The summed E-state index contributed by atoms with van der Waals surface area (Å²) in [5.41, 5.74) is 0. The number of likely N-dealkylation sites (N-methyl/N-ethyl adjacent to an activating group) is 1. The van der Waals surface area contributed by atoms with Crippen LogP contribution in [0.15, 0.2) is 0 Å². The highest BCUT2D eigenvalue weighted by molar-refractivity contribution is 5.85. The third-order valence-electron chi connectivity index (χ3n) is 3.10. The summed E-state index contributed by atoms with van der Waals surface area (Å²) < 4.78 is 5.00. The fourth-order valence-corrected chi connectivity index (χ4v) is 1.93. The first-order valence-electron chi connectivity index (χ1n) is 6.42. The molecule has 0 bridgehead atoms. The molecule has 0 unspecified atom stereocenters. The van der Waals surface area contributed by atoms with Crippen molar-refractivity contribution in [2.45, 2.75) is 25.3 Å². The Bertz CT molecular complexity index is 227. The molecular formula is C12H27Cl2N3O2. The third-order valence-corrected chi connectivity index (χ3v) is 3.10. The van der Waals surface area contributed by atoms with E-state index in [9.17, 15) is 4.79 Å². The monoisotopic (exact) mass is 315 g/mol. The lowest BCUT2D eigenvalue weighted by Crippen LogP contribution is -2.48. The molecule has 1 aliphatic heterocycles. The van der Waals surface area contributed by atoms with Gasteiger partial charge in [-0.25, -0.2) is 0 Å². The molecule has 0 saturated carbocycles. The predicted octanol–water partition coefficient (Wildman–Crippen LogP) is 0.666. The first-order chi connectivity index (χ1) is 8.24. The van der Waals surface area contributed by atoms with Crippen LogP contribution in [-0.2, 0) is 9.53 Å². The summed E-state index contributed by atoms with van der Waals surface area (Å²) in [6.45, 7) is 4.16. The van der Waals surface area contributed by atoms with E-state index in [0.29, 0.717) is 6.54 Å². The lowest BCUT2D eigenvalue weighted by atomic mass is 10.0. The van der Waals surface area contributed by atoms with E-state index in [0.717, 1.165) is 39.1 Å². The number of amides is 1. The Morgan fingerprint density at radius 1 is 1.37 bits per heavy atom. The largest absolute Gasteiger partial charge is 0.383 e. The molecule has 1 amide bonds. The number of hydrogen-bond acceptors (Lipinski definition) is 4. The molecular weight excluding hydrogens is 289 g/mol. The van der Waals surface area contributed by atoms with Gasteiger partial charge in [-0.05, 0) is 26.4 Å². The Morgan fingerprint density at radius 3 is 2.68 bits per heavy atom. The Morgan fingerprint density at radius 2 is 2.11 bits per heavy atom. The molecule has 7 heteroatoms. The molecule has 1 fully saturated rings. The number of nitrogens with zero attached hydrogens (tertiary/aromatic N) is 1. The number of halogens is 2.